The molecule has 0 radical (unpaired) electrons. The van der Waals surface area contributed by atoms with Crippen LogP contribution < -0.4 is 10.1 Å². The van der Waals surface area contributed by atoms with Gasteiger partial charge in [-0.3, -0.25) is 0 Å². The van der Waals surface area contributed by atoms with Crippen molar-refractivity contribution in [2.75, 3.05) is 13.7 Å². The molecule has 194 valence electrons. The Hall–Kier alpha value is -4.04. The average molecular weight is 512 g/mol. The van der Waals surface area contributed by atoms with E-state index in [0.717, 1.165) is 29.2 Å². The van der Waals surface area contributed by atoms with Crippen molar-refractivity contribution in [2.24, 2.45) is 13.0 Å². The molecule has 1 aliphatic rings. The van der Waals surface area contributed by atoms with Gasteiger partial charge in [-0.25, -0.2) is 9.37 Å². The Labute approximate surface area is 220 Å². The van der Waals surface area contributed by atoms with Crippen LogP contribution in [0.25, 0.3) is 45.1 Å². The lowest BCUT2D eigenvalue weighted by atomic mass is 9.94. The molecule has 7 nitrogen and oxygen atoms in total. The molecule has 0 saturated heterocycles. The van der Waals surface area contributed by atoms with Gasteiger partial charge in [0.2, 0.25) is 5.89 Å². The third-order valence-electron chi connectivity index (χ3n) is 7.36. The molecule has 38 heavy (non-hydrogen) atoms. The topological polar surface area (TPSA) is 78.0 Å². The third-order valence-corrected chi connectivity index (χ3v) is 7.36. The van der Waals surface area contributed by atoms with E-state index < -0.39 is 5.82 Å². The number of fused-ring (bicyclic) bond motifs is 1. The molecule has 0 spiro atoms. The minimum Gasteiger partial charge on any atom is -0.493 e. The fourth-order valence-corrected chi connectivity index (χ4v) is 5.44. The van der Waals surface area contributed by atoms with Crippen LogP contribution in [0.1, 0.15) is 31.2 Å². The Morgan fingerprint density at radius 1 is 1.08 bits per heavy atom. The van der Waals surface area contributed by atoms with Gasteiger partial charge in [0.05, 0.1) is 12.7 Å². The highest BCUT2D eigenvalue weighted by Gasteiger charge is 2.26. The first kappa shape index (κ1) is 24.3. The number of ether oxygens (including phenoxy) is 1. The van der Waals surface area contributed by atoms with Gasteiger partial charge in [0, 0.05) is 19.2 Å². The number of aromatic nitrogens is 4. The van der Waals surface area contributed by atoms with E-state index in [2.05, 4.69) is 15.5 Å². The molecule has 6 rings (SSSR count). The van der Waals surface area contributed by atoms with Crippen LogP contribution >= 0.6 is 0 Å². The Kier molecular flexibility index (Phi) is 6.64. The van der Waals surface area contributed by atoms with Crippen molar-refractivity contribution in [3.05, 3.63) is 72.3 Å². The van der Waals surface area contributed by atoms with Gasteiger partial charge in [0.15, 0.2) is 17.2 Å². The van der Waals surface area contributed by atoms with Crippen molar-refractivity contribution in [3.63, 3.8) is 0 Å². The molecule has 0 amide bonds. The monoisotopic (exact) mass is 511 g/mol. The number of nitrogens with one attached hydrogen (secondary N) is 1. The second-order valence-electron chi connectivity index (χ2n) is 9.92. The van der Waals surface area contributed by atoms with Crippen LogP contribution in [0.3, 0.4) is 0 Å². The molecule has 5 aromatic rings. The Balaban J connectivity index is 1.45. The fraction of sp³-hybridized carbons (Fsp3) is 0.300. The quantitative estimate of drug-likeness (QED) is 0.260. The predicted molar refractivity (Wildman–Crippen MR) is 145 cm³/mol. The van der Waals surface area contributed by atoms with Crippen LogP contribution in [0.2, 0.25) is 0 Å². The number of rotatable bonds is 8. The number of methoxy groups -OCH3 is 1. The molecule has 1 fully saturated rings. The van der Waals surface area contributed by atoms with Crippen LogP contribution in [0.15, 0.2) is 65.3 Å². The number of aryl methyl sites for hydroxylation is 1. The number of nitrogens with zero attached hydrogens (tertiary/aromatic N) is 4. The van der Waals surface area contributed by atoms with E-state index in [9.17, 15) is 0 Å². The van der Waals surface area contributed by atoms with Crippen molar-refractivity contribution >= 4 is 11.1 Å². The summed E-state index contributed by atoms with van der Waals surface area (Å²) in [5.74, 6) is 1.55. The second kappa shape index (κ2) is 10.4. The number of halogens is 1. The SMILES string of the molecule is COc1cc(CNCC2CCCC2)cc2nc(-c3c(F)ccc(-c4ccccc4)c3-c3nncn3C)oc12. The third kappa shape index (κ3) is 4.56. The zero-order valence-corrected chi connectivity index (χ0v) is 21.6. The van der Waals surface area contributed by atoms with Gasteiger partial charge in [-0.05, 0) is 60.2 Å². The molecular formula is C30H30FN5O2. The summed E-state index contributed by atoms with van der Waals surface area (Å²) in [5.41, 5.74) is 4.68. The summed E-state index contributed by atoms with van der Waals surface area (Å²) < 4.78 is 29.3. The Morgan fingerprint density at radius 3 is 2.63 bits per heavy atom. The molecule has 0 unspecified atom stereocenters. The minimum absolute atomic E-state index is 0.169. The summed E-state index contributed by atoms with van der Waals surface area (Å²) in [6.45, 7) is 1.70. The zero-order chi connectivity index (χ0) is 26.1. The minimum atomic E-state index is -0.452. The number of benzene rings is 3. The molecule has 0 atom stereocenters. The molecule has 8 heteroatoms. The lowest BCUT2D eigenvalue weighted by molar-refractivity contribution is 0.409. The van der Waals surface area contributed by atoms with Crippen molar-refractivity contribution < 1.29 is 13.5 Å². The van der Waals surface area contributed by atoms with Gasteiger partial charge in [-0.2, -0.15) is 0 Å². The Bertz CT molecular complexity index is 1570. The molecule has 0 aliphatic heterocycles. The molecule has 1 saturated carbocycles. The van der Waals surface area contributed by atoms with Gasteiger partial charge >= 0.3 is 0 Å². The molecule has 1 N–H and O–H groups in total. The van der Waals surface area contributed by atoms with E-state index in [1.807, 2.05) is 49.5 Å². The summed E-state index contributed by atoms with van der Waals surface area (Å²) in [4.78, 5) is 4.76. The maximum absolute atomic E-state index is 15.7. The van der Waals surface area contributed by atoms with E-state index in [1.165, 1.54) is 31.7 Å². The van der Waals surface area contributed by atoms with Gasteiger partial charge in [-0.1, -0.05) is 49.2 Å². The highest BCUT2D eigenvalue weighted by Crippen LogP contribution is 2.42. The van der Waals surface area contributed by atoms with Gasteiger partial charge < -0.3 is 19.0 Å². The summed E-state index contributed by atoms with van der Waals surface area (Å²) in [6, 6.07) is 17.0. The van der Waals surface area contributed by atoms with E-state index in [-0.39, 0.29) is 11.5 Å². The normalized spacial score (nSPS) is 14.0. The van der Waals surface area contributed by atoms with E-state index in [4.69, 9.17) is 14.1 Å². The molecule has 3 aromatic carbocycles. The van der Waals surface area contributed by atoms with Crippen LogP contribution in [-0.2, 0) is 13.6 Å². The maximum Gasteiger partial charge on any atom is 0.231 e. The van der Waals surface area contributed by atoms with Crippen LogP contribution in [0.4, 0.5) is 4.39 Å². The lowest BCUT2D eigenvalue weighted by Crippen LogP contribution is -2.20. The van der Waals surface area contributed by atoms with Gasteiger partial charge in [-0.15, -0.1) is 10.2 Å². The number of oxazole rings is 1. The second-order valence-corrected chi connectivity index (χ2v) is 9.92. The molecule has 2 heterocycles. The zero-order valence-electron chi connectivity index (χ0n) is 21.6. The van der Waals surface area contributed by atoms with Gasteiger partial charge in [0.1, 0.15) is 17.7 Å². The van der Waals surface area contributed by atoms with Crippen LogP contribution in [0.5, 0.6) is 5.75 Å². The van der Waals surface area contributed by atoms with E-state index >= 15 is 4.39 Å². The average Bonchev–Trinajstić information content (AvgIpc) is 3.70. The first-order valence-electron chi connectivity index (χ1n) is 13.0. The maximum atomic E-state index is 15.7. The number of hydrogen-bond donors (Lipinski definition) is 1. The Morgan fingerprint density at radius 2 is 1.89 bits per heavy atom. The molecule has 2 aromatic heterocycles. The highest BCUT2D eigenvalue weighted by atomic mass is 19.1. The standard InChI is InChI=1S/C30H30FN5O2/c1-36-18-33-35-29(36)26-22(21-10-4-3-5-11-21)12-13-23(31)27(26)30-34-24-14-20(15-25(37-2)28(24)38-30)17-32-16-19-8-6-7-9-19/h3-5,10-15,18-19,32H,6-9,16-17H2,1-2H3. The fourth-order valence-electron chi connectivity index (χ4n) is 5.44. The van der Waals surface area contributed by atoms with Crippen molar-refractivity contribution in [1.29, 1.82) is 0 Å². The highest BCUT2D eigenvalue weighted by molar-refractivity contribution is 5.92. The van der Waals surface area contributed by atoms with E-state index in [0.29, 0.717) is 34.8 Å². The van der Waals surface area contributed by atoms with Crippen LogP contribution in [-0.4, -0.2) is 33.4 Å². The number of hydrogen-bond acceptors (Lipinski definition) is 6. The van der Waals surface area contributed by atoms with Gasteiger partial charge in [0.25, 0.3) is 0 Å². The molecular weight excluding hydrogens is 481 g/mol. The molecule has 0 bridgehead atoms. The summed E-state index contributed by atoms with van der Waals surface area (Å²) in [5, 5.41) is 11.9. The summed E-state index contributed by atoms with van der Waals surface area (Å²) in [7, 11) is 3.44. The van der Waals surface area contributed by atoms with Crippen molar-refractivity contribution in [2.45, 2.75) is 32.2 Å². The summed E-state index contributed by atoms with van der Waals surface area (Å²) in [6.07, 6.45) is 6.84. The lowest BCUT2D eigenvalue weighted by Gasteiger charge is -2.14. The van der Waals surface area contributed by atoms with Crippen molar-refractivity contribution in [1.82, 2.24) is 25.1 Å². The first-order chi connectivity index (χ1) is 18.6. The van der Waals surface area contributed by atoms with E-state index in [1.54, 1.807) is 24.1 Å². The predicted octanol–water partition coefficient (Wildman–Crippen LogP) is 6.38. The largest absolute Gasteiger partial charge is 0.493 e. The summed E-state index contributed by atoms with van der Waals surface area (Å²) >= 11 is 0. The van der Waals surface area contributed by atoms with Crippen molar-refractivity contribution in [3.8, 4) is 39.7 Å². The molecule has 1 aliphatic carbocycles. The van der Waals surface area contributed by atoms with Crippen LogP contribution in [0, 0.1) is 11.7 Å². The first-order valence-corrected chi connectivity index (χ1v) is 13.0. The smallest absolute Gasteiger partial charge is 0.231 e.